The van der Waals surface area contributed by atoms with Crippen LogP contribution < -0.4 is 11.1 Å². The zero-order valence-corrected chi connectivity index (χ0v) is 13.3. The van der Waals surface area contributed by atoms with Crippen molar-refractivity contribution in [1.29, 1.82) is 0 Å². The second kappa shape index (κ2) is 5.88. The topological polar surface area (TPSA) is 84.1 Å². The van der Waals surface area contributed by atoms with E-state index in [0.29, 0.717) is 5.13 Å². The van der Waals surface area contributed by atoms with Gasteiger partial charge in [0, 0.05) is 0 Å². The Labute approximate surface area is 129 Å². The van der Waals surface area contributed by atoms with E-state index in [-0.39, 0.29) is 17.5 Å². The molecule has 2 heterocycles. The van der Waals surface area contributed by atoms with E-state index in [0.717, 1.165) is 43.8 Å². The predicted octanol–water partition coefficient (Wildman–Crippen LogP) is 1.71. The first kappa shape index (κ1) is 14.7. The Morgan fingerprint density at radius 3 is 2.52 bits per heavy atom. The van der Waals surface area contributed by atoms with Crippen LogP contribution in [0.3, 0.4) is 0 Å². The molecule has 1 atom stereocenters. The van der Waals surface area contributed by atoms with Crippen LogP contribution in [0.25, 0.3) is 0 Å². The molecule has 7 heteroatoms. The second-order valence-corrected chi connectivity index (χ2v) is 7.15. The molecule has 2 aliphatic rings. The Kier molecular flexibility index (Phi) is 4.12. The lowest BCUT2D eigenvalue weighted by Crippen LogP contribution is -2.56. The second-order valence-electron chi connectivity index (χ2n) is 6.11. The molecule has 1 saturated carbocycles. The number of carbonyl (C=O) groups is 1. The predicted molar refractivity (Wildman–Crippen MR) is 82.9 cm³/mol. The van der Waals surface area contributed by atoms with E-state index >= 15 is 0 Å². The fourth-order valence-electron chi connectivity index (χ4n) is 3.61. The highest BCUT2D eigenvalue weighted by molar-refractivity contribution is 7.15. The fraction of sp³-hybridized carbons (Fsp3) is 0.786. The van der Waals surface area contributed by atoms with Gasteiger partial charge >= 0.3 is 0 Å². The van der Waals surface area contributed by atoms with Gasteiger partial charge in [0.25, 0.3) is 0 Å². The minimum absolute atomic E-state index is 0.132. The molecule has 1 unspecified atom stereocenters. The summed E-state index contributed by atoms with van der Waals surface area (Å²) < 4.78 is 0. The van der Waals surface area contributed by atoms with Crippen molar-refractivity contribution in [2.45, 2.75) is 57.0 Å². The molecule has 1 aliphatic carbocycles. The van der Waals surface area contributed by atoms with Crippen LogP contribution in [0, 0.1) is 0 Å². The highest BCUT2D eigenvalue weighted by atomic mass is 32.1. The molecule has 0 bridgehead atoms. The summed E-state index contributed by atoms with van der Waals surface area (Å²) in [5, 5.41) is 12.2. The highest BCUT2D eigenvalue weighted by Crippen LogP contribution is 2.38. The summed E-state index contributed by atoms with van der Waals surface area (Å²) in [5.41, 5.74) is 5.33. The van der Waals surface area contributed by atoms with Crippen LogP contribution in [-0.4, -0.2) is 39.6 Å². The van der Waals surface area contributed by atoms with Gasteiger partial charge in [0.2, 0.25) is 11.0 Å². The molecular weight excluding hydrogens is 286 g/mol. The number of likely N-dealkylation sites (tertiary alicyclic amines) is 1. The van der Waals surface area contributed by atoms with Crippen LogP contribution >= 0.6 is 11.3 Å². The zero-order valence-electron chi connectivity index (χ0n) is 12.5. The number of amides is 1. The Morgan fingerprint density at radius 2 is 1.95 bits per heavy atom. The summed E-state index contributed by atoms with van der Waals surface area (Å²) in [6, 6.07) is -0.132. The van der Waals surface area contributed by atoms with Gasteiger partial charge in [-0.05, 0) is 45.7 Å². The number of nitrogens with two attached hydrogens (primary N) is 1. The first-order valence-corrected chi connectivity index (χ1v) is 8.58. The van der Waals surface area contributed by atoms with Crippen LogP contribution in [0.2, 0.25) is 0 Å². The standard InChI is InChI=1S/C14H23N5OS/c1-10(11-17-18-13(15)21-11)16-12(20)14(6-2-3-7-14)19-8-4-5-9-19/h10H,2-9H2,1H3,(H2,15,18)(H,16,20). The van der Waals surface area contributed by atoms with Crippen molar-refractivity contribution >= 4 is 22.4 Å². The van der Waals surface area contributed by atoms with Crippen molar-refractivity contribution in [2.24, 2.45) is 0 Å². The smallest absolute Gasteiger partial charge is 0.241 e. The molecule has 1 amide bonds. The first-order valence-electron chi connectivity index (χ1n) is 7.77. The number of anilines is 1. The molecular formula is C14H23N5OS. The minimum atomic E-state index is -0.291. The third-order valence-electron chi connectivity index (χ3n) is 4.74. The van der Waals surface area contributed by atoms with Crippen molar-refractivity contribution in [3.63, 3.8) is 0 Å². The largest absolute Gasteiger partial charge is 0.374 e. The monoisotopic (exact) mass is 309 g/mol. The van der Waals surface area contributed by atoms with E-state index in [1.54, 1.807) is 0 Å². The third kappa shape index (κ3) is 2.76. The van der Waals surface area contributed by atoms with E-state index in [4.69, 9.17) is 5.73 Å². The maximum Gasteiger partial charge on any atom is 0.241 e. The summed E-state index contributed by atoms with van der Waals surface area (Å²) in [4.78, 5) is 15.3. The first-order chi connectivity index (χ1) is 10.1. The van der Waals surface area contributed by atoms with Crippen LogP contribution in [0.15, 0.2) is 0 Å². The van der Waals surface area contributed by atoms with E-state index in [1.165, 1.54) is 24.2 Å². The van der Waals surface area contributed by atoms with Gasteiger partial charge in [-0.3, -0.25) is 9.69 Å². The molecule has 6 nitrogen and oxygen atoms in total. The normalized spacial score (nSPS) is 23.3. The molecule has 21 heavy (non-hydrogen) atoms. The number of hydrogen-bond donors (Lipinski definition) is 2. The summed E-state index contributed by atoms with van der Waals surface area (Å²) in [6.45, 7) is 4.05. The fourth-order valence-corrected chi connectivity index (χ4v) is 4.22. The van der Waals surface area contributed by atoms with Crippen LogP contribution in [0.1, 0.15) is 56.5 Å². The van der Waals surface area contributed by atoms with E-state index in [2.05, 4.69) is 20.4 Å². The van der Waals surface area contributed by atoms with Crippen LogP contribution in [0.5, 0.6) is 0 Å². The average Bonchev–Trinajstić information content (AvgIpc) is 3.20. The van der Waals surface area contributed by atoms with Crippen LogP contribution in [-0.2, 0) is 4.79 Å². The third-order valence-corrected chi connectivity index (χ3v) is 5.67. The molecule has 1 aromatic rings. The maximum atomic E-state index is 12.9. The molecule has 0 spiro atoms. The molecule has 1 aliphatic heterocycles. The number of hydrogen-bond acceptors (Lipinski definition) is 6. The van der Waals surface area contributed by atoms with E-state index < -0.39 is 0 Å². The SMILES string of the molecule is CC(NC(=O)C1(N2CCCC2)CCCC1)c1nnc(N)s1. The molecule has 3 N–H and O–H groups in total. The lowest BCUT2D eigenvalue weighted by Gasteiger charge is -2.37. The molecule has 0 aromatic carbocycles. The molecule has 1 saturated heterocycles. The Morgan fingerprint density at radius 1 is 1.29 bits per heavy atom. The average molecular weight is 309 g/mol. The van der Waals surface area contributed by atoms with Gasteiger partial charge < -0.3 is 11.1 Å². The summed E-state index contributed by atoms with van der Waals surface area (Å²) in [7, 11) is 0. The van der Waals surface area contributed by atoms with Crippen molar-refractivity contribution in [1.82, 2.24) is 20.4 Å². The minimum Gasteiger partial charge on any atom is -0.374 e. The summed E-state index contributed by atoms with van der Waals surface area (Å²) in [6.07, 6.45) is 6.65. The summed E-state index contributed by atoms with van der Waals surface area (Å²) in [5.74, 6) is 0.156. The van der Waals surface area contributed by atoms with E-state index in [9.17, 15) is 4.79 Å². The quantitative estimate of drug-likeness (QED) is 0.884. The number of aromatic nitrogens is 2. The van der Waals surface area contributed by atoms with Gasteiger partial charge in [0.15, 0.2) is 0 Å². The van der Waals surface area contributed by atoms with Gasteiger partial charge in [-0.25, -0.2) is 0 Å². The van der Waals surface area contributed by atoms with Gasteiger partial charge in [0.1, 0.15) is 10.5 Å². The molecule has 0 radical (unpaired) electrons. The van der Waals surface area contributed by atoms with Gasteiger partial charge in [-0.15, -0.1) is 10.2 Å². The number of nitrogen functional groups attached to an aromatic ring is 1. The number of nitrogens with one attached hydrogen (secondary N) is 1. The molecule has 1 aromatic heterocycles. The lowest BCUT2D eigenvalue weighted by atomic mass is 9.93. The Hall–Kier alpha value is -1.21. The van der Waals surface area contributed by atoms with Crippen molar-refractivity contribution in [2.75, 3.05) is 18.8 Å². The number of carbonyl (C=O) groups excluding carboxylic acids is 1. The van der Waals surface area contributed by atoms with Gasteiger partial charge in [-0.2, -0.15) is 0 Å². The van der Waals surface area contributed by atoms with Crippen molar-refractivity contribution < 1.29 is 4.79 Å². The van der Waals surface area contributed by atoms with Crippen molar-refractivity contribution in [3.8, 4) is 0 Å². The van der Waals surface area contributed by atoms with Gasteiger partial charge in [-0.1, -0.05) is 24.2 Å². The maximum absolute atomic E-state index is 12.9. The molecule has 3 rings (SSSR count). The lowest BCUT2D eigenvalue weighted by molar-refractivity contribution is -0.133. The number of rotatable bonds is 4. The number of nitrogens with zero attached hydrogens (tertiary/aromatic N) is 3. The van der Waals surface area contributed by atoms with Gasteiger partial charge in [0.05, 0.1) is 6.04 Å². The zero-order chi connectivity index (χ0) is 14.9. The van der Waals surface area contributed by atoms with Crippen molar-refractivity contribution in [3.05, 3.63) is 5.01 Å². The van der Waals surface area contributed by atoms with E-state index in [1.807, 2.05) is 6.92 Å². The molecule has 116 valence electrons. The van der Waals surface area contributed by atoms with Crippen LogP contribution in [0.4, 0.5) is 5.13 Å². The Bertz CT molecular complexity index is 505. The summed E-state index contributed by atoms with van der Waals surface area (Å²) >= 11 is 1.34. The highest BCUT2D eigenvalue weighted by Gasteiger charge is 2.47. The molecule has 2 fully saturated rings. The Balaban J connectivity index is 1.72.